The van der Waals surface area contributed by atoms with E-state index in [1.165, 1.54) is 27.8 Å². The highest BCUT2D eigenvalue weighted by molar-refractivity contribution is 5.37. The quantitative estimate of drug-likeness (QED) is 0.729. The lowest BCUT2D eigenvalue weighted by Gasteiger charge is -2.13. The average Bonchev–Trinajstić information content (AvgIpc) is 2.38. The van der Waals surface area contributed by atoms with Crippen LogP contribution in [0.5, 0.6) is 5.75 Å². The van der Waals surface area contributed by atoms with Gasteiger partial charge in [-0.2, -0.15) is 0 Å². The molecule has 0 bridgehead atoms. The van der Waals surface area contributed by atoms with Crippen molar-refractivity contribution in [3.63, 3.8) is 0 Å². The minimum absolute atomic E-state index is 0.561. The van der Waals surface area contributed by atoms with Crippen LogP contribution in [0, 0.1) is 20.8 Å². The van der Waals surface area contributed by atoms with Crippen molar-refractivity contribution in [1.82, 2.24) is 0 Å². The molecule has 0 aliphatic carbocycles. The van der Waals surface area contributed by atoms with Crippen molar-refractivity contribution in [2.45, 2.75) is 47.1 Å². The van der Waals surface area contributed by atoms with Crippen molar-refractivity contribution in [1.29, 1.82) is 0 Å². The maximum atomic E-state index is 5.93. The Balaban J connectivity index is 2.09. The fourth-order valence-corrected chi connectivity index (χ4v) is 2.54. The summed E-state index contributed by atoms with van der Waals surface area (Å²) in [5.74, 6) is 1.50. The molecule has 0 heterocycles. The maximum Gasteiger partial charge on any atom is 0.119 e. The van der Waals surface area contributed by atoms with Gasteiger partial charge in [0.05, 0.1) is 0 Å². The number of rotatable bonds is 4. The molecule has 0 saturated heterocycles. The summed E-state index contributed by atoms with van der Waals surface area (Å²) < 4.78 is 5.93. The molecule has 0 aliphatic heterocycles. The lowest BCUT2D eigenvalue weighted by Crippen LogP contribution is -2.01. The Labute approximate surface area is 122 Å². The SMILES string of the molecule is Cc1cc(C)c(COc2ccc(C(C)C)cc2)c(C)c1. The Hall–Kier alpha value is -1.76. The first kappa shape index (κ1) is 14.6. The number of hydrogen-bond acceptors (Lipinski definition) is 1. The van der Waals surface area contributed by atoms with Crippen molar-refractivity contribution >= 4 is 0 Å². The second-order valence-corrected chi connectivity index (χ2v) is 5.89. The smallest absolute Gasteiger partial charge is 0.119 e. The predicted octanol–water partition coefficient (Wildman–Crippen LogP) is 5.31. The van der Waals surface area contributed by atoms with Crippen LogP contribution >= 0.6 is 0 Å². The van der Waals surface area contributed by atoms with Gasteiger partial charge in [0.1, 0.15) is 12.4 Å². The third kappa shape index (κ3) is 3.41. The summed E-state index contributed by atoms with van der Waals surface area (Å²) in [5.41, 5.74) is 6.57. The van der Waals surface area contributed by atoms with Crippen LogP contribution in [0.25, 0.3) is 0 Å². The molecule has 2 aromatic carbocycles. The molecule has 0 N–H and O–H groups in total. The molecular weight excluding hydrogens is 244 g/mol. The molecule has 20 heavy (non-hydrogen) atoms. The first-order chi connectivity index (χ1) is 9.47. The zero-order valence-electron chi connectivity index (χ0n) is 13.2. The van der Waals surface area contributed by atoms with Gasteiger partial charge < -0.3 is 4.74 Å². The second kappa shape index (κ2) is 6.13. The largest absolute Gasteiger partial charge is 0.489 e. The molecule has 0 unspecified atom stereocenters. The van der Waals surface area contributed by atoms with E-state index in [9.17, 15) is 0 Å². The van der Waals surface area contributed by atoms with Crippen molar-refractivity contribution in [2.75, 3.05) is 0 Å². The van der Waals surface area contributed by atoms with Crippen LogP contribution in [0.4, 0.5) is 0 Å². The van der Waals surface area contributed by atoms with E-state index < -0.39 is 0 Å². The average molecular weight is 268 g/mol. The summed E-state index contributed by atoms with van der Waals surface area (Å²) >= 11 is 0. The Morgan fingerprint density at radius 2 is 1.45 bits per heavy atom. The topological polar surface area (TPSA) is 9.23 Å². The Kier molecular flexibility index (Phi) is 4.49. The molecule has 0 aromatic heterocycles. The summed E-state index contributed by atoms with van der Waals surface area (Å²) in [6.45, 7) is 11.5. The van der Waals surface area contributed by atoms with E-state index in [0.29, 0.717) is 12.5 Å². The molecule has 0 fully saturated rings. The van der Waals surface area contributed by atoms with Gasteiger partial charge in [-0.25, -0.2) is 0 Å². The second-order valence-electron chi connectivity index (χ2n) is 5.89. The normalized spacial score (nSPS) is 10.9. The molecule has 0 aliphatic rings. The van der Waals surface area contributed by atoms with E-state index >= 15 is 0 Å². The summed E-state index contributed by atoms with van der Waals surface area (Å²) in [4.78, 5) is 0. The van der Waals surface area contributed by atoms with Gasteiger partial charge in [0, 0.05) is 0 Å². The van der Waals surface area contributed by atoms with Gasteiger partial charge in [-0.3, -0.25) is 0 Å². The van der Waals surface area contributed by atoms with Crippen LogP contribution in [0.2, 0.25) is 0 Å². The molecule has 0 spiro atoms. The fourth-order valence-electron chi connectivity index (χ4n) is 2.54. The van der Waals surface area contributed by atoms with Gasteiger partial charge in [0.25, 0.3) is 0 Å². The van der Waals surface area contributed by atoms with Crippen molar-refractivity contribution in [3.8, 4) is 5.75 Å². The first-order valence-electron chi connectivity index (χ1n) is 7.27. The van der Waals surface area contributed by atoms with Gasteiger partial charge in [-0.05, 0) is 61.1 Å². The zero-order chi connectivity index (χ0) is 14.7. The molecule has 0 saturated carbocycles. The van der Waals surface area contributed by atoms with E-state index in [4.69, 9.17) is 4.74 Å². The minimum Gasteiger partial charge on any atom is -0.489 e. The number of aryl methyl sites for hydroxylation is 3. The van der Waals surface area contributed by atoms with E-state index in [2.05, 4.69) is 71.0 Å². The van der Waals surface area contributed by atoms with Crippen molar-refractivity contribution in [2.24, 2.45) is 0 Å². The highest BCUT2D eigenvalue weighted by Gasteiger charge is 2.05. The predicted molar refractivity (Wildman–Crippen MR) is 85.5 cm³/mol. The molecule has 0 amide bonds. The minimum atomic E-state index is 0.561. The number of benzene rings is 2. The van der Waals surface area contributed by atoms with E-state index in [1.807, 2.05) is 0 Å². The molecule has 0 atom stereocenters. The molecule has 1 nitrogen and oxygen atoms in total. The molecule has 2 rings (SSSR count). The Morgan fingerprint density at radius 3 is 1.95 bits per heavy atom. The van der Waals surface area contributed by atoms with Crippen LogP contribution in [0.3, 0.4) is 0 Å². The Morgan fingerprint density at radius 1 is 0.900 bits per heavy atom. The molecule has 1 heteroatoms. The van der Waals surface area contributed by atoms with Gasteiger partial charge in [0.2, 0.25) is 0 Å². The molecular formula is C19H24O. The van der Waals surface area contributed by atoms with E-state index in [-0.39, 0.29) is 0 Å². The summed E-state index contributed by atoms with van der Waals surface area (Å²) in [7, 11) is 0. The van der Waals surface area contributed by atoms with Crippen LogP contribution < -0.4 is 4.74 Å². The van der Waals surface area contributed by atoms with Crippen LogP contribution in [0.1, 0.15) is 47.6 Å². The molecule has 106 valence electrons. The van der Waals surface area contributed by atoms with Gasteiger partial charge in [-0.1, -0.05) is 43.7 Å². The summed E-state index contributed by atoms with van der Waals surface area (Å²) in [6, 6.07) is 12.9. The van der Waals surface area contributed by atoms with Crippen molar-refractivity contribution in [3.05, 3.63) is 64.2 Å². The fraction of sp³-hybridized carbons (Fsp3) is 0.368. The van der Waals surface area contributed by atoms with Crippen molar-refractivity contribution < 1.29 is 4.74 Å². The molecule has 0 radical (unpaired) electrons. The maximum absolute atomic E-state index is 5.93. The third-order valence-electron chi connectivity index (χ3n) is 3.77. The zero-order valence-corrected chi connectivity index (χ0v) is 13.2. The van der Waals surface area contributed by atoms with E-state index in [0.717, 1.165) is 5.75 Å². The Bertz CT molecular complexity index is 556. The van der Waals surface area contributed by atoms with Crippen LogP contribution in [-0.4, -0.2) is 0 Å². The molecule has 2 aromatic rings. The van der Waals surface area contributed by atoms with Gasteiger partial charge in [0.15, 0.2) is 0 Å². The van der Waals surface area contributed by atoms with Gasteiger partial charge in [-0.15, -0.1) is 0 Å². The van der Waals surface area contributed by atoms with E-state index in [1.54, 1.807) is 0 Å². The standard InChI is InChI=1S/C19H24O/c1-13(2)17-6-8-18(9-7-17)20-12-19-15(4)10-14(3)11-16(19)5/h6-11,13H,12H2,1-5H3. The third-order valence-corrected chi connectivity index (χ3v) is 3.77. The first-order valence-corrected chi connectivity index (χ1v) is 7.27. The summed E-state index contributed by atoms with van der Waals surface area (Å²) in [5, 5.41) is 0. The lowest BCUT2D eigenvalue weighted by atomic mass is 10.0. The highest BCUT2D eigenvalue weighted by atomic mass is 16.5. The number of ether oxygens (including phenoxy) is 1. The van der Waals surface area contributed by atoms with Crippen LogP contribution in [-0.2, 0) is 6.61 Å². The number of hydrogen-bond donors (Lipinski definition) is 0. The lowest BCUT2D eigenvalue weighted by molar-refractivity contribution is 0.304. The monoisotopic (exact) mass is 268 g/mol. The summed E-state index contributed by atoms with van der Waals surface area (Å²) in [6.07, 6.45) is 0. The van der Waals surface area contributed by atoms with Gasteiger partial charge >= 0.3 is 0 Å². The highest BCUT2D eigenvalue weighted by Crippen LogP contribution is 2.21. The van der Waals surface area contributed by atoms with Crippen LogP contribution in [0.15, 0.2) is 36.4 Å².